The number of benzene rings is 1. The van der Waals surface area contributed by atoms with Gasteiger partial charge >= 0.3 is 6.09 Å². The van der Waals surface area contributed by atoms with E-state index in [4.69, 9.17) is 10.5 Å². The summed E-state index contributed by atoms with van der Waals surface area (Å²) in [6.07, 6.45) is -0.411. The molecule has 0 aliphatic rings. The predicted octanol–water partition coefficient (Wildman–Crippen LogP) is 2.74. The third kappa shape index (κ3) is 4.53. The standard InChI is InChI=1S/C16H26N2O2/c1-12-8-6-7-9-13(12)16(5,10-17)11-18-14(19)20-15(2,3)4/h6-9H,10-11,17H2,1-5H3,(H,18,19). The number of ether oxygens (including phenoxy) is 1. The Morgan fingerprint density at radius 1 is 1.25 bits per heavy atom. The molecule has 20 heavy (non-hydrogen) atoms. The highest BCUT2D eigenvalue weighted by molar-refractivity contribution is 5.67. The molecule has 1 aromatic rings. The molecule has 0 bridgehead atoms. The van der Waals surface area contributed by atoms with E-state index in [2.05, 4.69) is 24.4 Å². The van der Waals surface area contributed by atoms with Gasteiger partial charge in [0, 0.05) is 18.5 Å². The summed E-state index contributed by atoms with van der Waals surface area (Å²) in [5, 5.41) is 2.82. The van der Waals surface area contributed by atoms with Crippen molar-refractivity contribution < 1.29 is 9.53 Å². The Hall–Kier alpha value is -1.55. The SMILES string of the molecule is Cc1ccccc1C(C)(CN)CNC(=O)OC(C)(C)C. The zero-order chi connectivity index (χ0) is 15.4. The Balaban J connectivity index is 2.77. The molecule has 1 rings (SSSR count). The van der Waals surface area contributed by atoms with E-state index in [1.165, 1.54) is 5.56 Å². The van der Waals surface area contributed by atoms with Crippen LogP contribution in [0.15, 0.2) is 24.3 Å². The van der Waals surface area contributed by atoms with Crippen LogP contribution in [0.25, 0.3) is 0 Å². The number of aryl methyl sites for hydroxylation is 1. The van der Waals surface area contributed by atoms with E-state index in [-0.39, 0.29) is 5.41 Å². The maximum absolute atomic E-state index is 11.8. The van der Waals surface area contributed by atoms with Crippen LogP contribution in [0.3, 0.4) is 0 Å². The first-order chi connectivity index (χ1) is 9.18. The molecular formula is C16H26N2O2. The maximum atomic E-state index is 11.8. The van der Waals surface area contributed by atoms with Gasteiger partial charge in [0.15, 0.2) is 0 Å². The third-order valence-electron chi connectivity index (χ3n) is 3.27. The summed E-state index contributed by atoms with van der Waals surface area (Å²) in [5.74, 6) is 0. The summed E-state index contributed by atoms with van der Waals surface area (Å²) in [5.41, 5.74) is 7.46. The van der Waals surface area contributed by atoms with Crippen molar-refractivity contribution in [2.45, 2.75) is 45.6 Å². The number of amides is 1. The molecule has 0 radical (unpaired) electrons. The van der Waals surface area contributed by atoms with E-state index in [1.54, 1.807) is 0 Å². The normalized spacial score (nSPS) is 14.5. The van der Waals surface area contributed by atoms with Gasteiger partial charge in [-0.3, -0.25) is 0 Å². The number of hydrogen-bond donors (Lipinski definition) is 2. The van der Waals surface area contributed by atoms with Crippen LogP contribution < -0.4 is 11.1 Å². The van der Waals surface area contributed by atoms with Crippen LogP contribution in [0.2, 0.25) is 0 Å². The van der Waals surface area contributed by atoms with Gasteiger partial charge in [0.05, 0.1) is 0 Å². The van der Waals surface area contributed by atoms with Crippen LogP contribution in [-0.4, -0.2) is 24.8 Å². The number of carbonyl (C=O) groups is 1. The summed E-state index contributed by atoms with van der Waals surface area (Å²) >= 11 is 0. The van der Waals surface area contributed by atoms with Crippen LogP contribution in [0.4, 0.5) is 4.79 Å². The average molecular weight is 278 g/mol. The lowest BCUT2D eigenvalue weighted by Crippen LogP contribution is -2.45. The minimum Gasteiger partial charge on any atom is -0.444 e. The lowest BCUT2D eigenvalue weighted by Gasteiger charge is -2.31. The monoisotopic (exact) mass is 278 g/mol. The Morgan fingerprint density at radius 3 is 2.35 bits per heavy atom. The molecule has 0 saturated carbocycles. The quantitative estimate of drug-likeness (QED) is 0.890. The Labute approximate surface area is 121 Å². The largest absolute Gasteiger partial charge is 0.444 e. The van der Waals surface area contributed by atoms with Crippen molar-refractivity contribution in [1.29, 1.82) is 0 Å². The molecule has 0 aliphatic heterocycles. The van der Waals surface area contributed by atoms with Gasteiger partial charge in [-0.25, -0.2) is 4.79 Å². The van der Waals surface area contributed by atoms with Crippen LogP contribution in [-0.2, 0) is 10.2 Å². The summed E-state index contributed by atoms with van der Waals surface area (Å²) < 4.78 is 5.25. The van der Waals surface area contributed by atoms with E-state index in [0.717, 1.165) is 5.56 Å². The molecule has 0 aromatic heterocycles. The Bertz CT molecular complexity index is 466. The molecule has 3 N–H and O–H groups in total. The third-order valence-corrected chi connectivity index (χ3v) is 3.27. The fourth-order valence-corrected chi connectivity index (χ4v) is 2.11. The molecular weight excluding hydrogens is 252 g/mol. The van der Waals surface area contributed by atoms with E-state index < -0.39 is 11.7 Å². The van der Waals surface area contributed by atoms with E-state index >= 15 is 0 Å². The van der Waals surface area contributed by atoms with Crippen molar-refractivity contribution >= 4 is 6.09 Å². The second kappa shape index (κ2) is 6.27. The van der Waals surface area contributed by atoms with Gasteiger partial charge < -0.3 is 15.8 Å². The number of rotatable bonds is 4. The topological polar surface area (TPSA) is 64.3 Å². The minimum atomic E-state index is -0.494. The van der Waals surface area contributed by atoms with Crippen LogP contribution in [0.5, 0.6) is 0 Å². The highest BCUT2D eigenvalue weighted by Gasteiger charge is 2.28. The van der Waals surface area contributed by atoms with E-state index in [9.17, 15) is 4.79 Å². The van der Waals surface area contributed by atoms with Gasteiger partial charge in [0.2, 0.25) is 0 Å². The molecule has 0 spiro atoms. The minimum absolute atomic E-state index is 0.303. The lowest BCUT2D eigenvalue weighted by molar-refractivity contribution is 0.0516. The van der Waals surface area contributed by atoms with Gasteiger partial charge in [0.25, 0.3) is 0 Å². The molecule has 0 saturated heterocycles. The van der Waals surface area contributed by atoms with Crippen molar-refractivity contribution in [3.05, 3.63) is 35.4 Å². The number of hydrogen-bond acceptors (Lipinski definition) is 3. The number of nitrogens with one attached hydrogen (secondary N) is 1. The van der Waals surface area contributed by atoms with Gasteiger partial charge in [-0.15, -0.1) is 0 Å². The summed E-state index contributed by atoms with van der Waals surface area (Å²) in [6.45, 7) is 10.5. The summed E-state index contributed by atoms with van der Waals surface area (Å²) in [4.78, 5) is 11.8. The molecule has 0 fully saturated rings. The van der Waals surface area contributed by atoms with Gasteiger partial charge in [0.1, 0.15) is 5.60 Å². The lowest BCUT2D eigenvalue weighted by atomic mass is 9.80. The molecule has 0 aliphatic carbocycles. The van der Waals surface area contributed by atoms with Crippen LogP contribution in [0, 0.1) is 6.92 Å². The van der Waals surface area contributed by atoms with Crippen LogP contribution in [0.1, 0.15) is 38.8 Å². The average Bonchev–Trinajstić information content (AvgIpc) is 2.34. The number of nitrogens with two attached hydrogens (primary N) is 1. The first kappa shape index (κ1) is 16.5. The molecule has 1 aromatic carbocycles. The molecule has 0 heterocycles. The second-order valence-electron chi connectivity index (χ2n) is 6.44. The Kier molecular flexibility index (Phi) is 5.17. The predicted molar refractivity (Wildman–Crippen MR) is 81.8 cm³/mol. The van der Waals surface area contributed by atoms with Crippen molar-refractivity contribution in [2.24, 2.45) is 5.73 Å². The zero-order valence-electron chi connectivity index (χ0n) is 13.1. The molecule has 112 valence electrons. The molecule has 1 unspecified atom stereocenters. The summed E-state index contributed by atoms with van der Waals surface area (Å²) in [6, 6.07) is 8.09. The second-order valence-corrected chi connectivity index (χ2v) is 6.44. The summed E-state index contributed by atoms with van der Waals surface area (Å²) in [7, 11) is 0. The van der Waals surface area contributed by atoms with Crippen molar-refractivity contribution in [3.8, 4) is 0 Å². The molecule has 4 heteroatoms. The Morgan fingerprint density at radius 2 is 1.85 bits per heavy atom. The fraction of sp³-hybridized carbons (Fsp3) is 0.562. The molecule has 1 amide bonds. The van der Waals surface area contributed by atoms with Crippen molar-refractivity contribution in [2.75, 3.05) is 13.1 Å². The molecule has 1 atom stereocenters. The number of alkyl carbamates (subject to hydrolysis) is 1. The zero-order valence-corrected chi connectivity index (χ0v) is 13.1. The van der Waals surface area contributed by atoms with E-state index in [1.807, 2.05) is 39.8 Å². The maximum Gasteiger partial charge on any atom is 0.407 e. The van der Waals surface area contributed by atoms with Gasteiger partial charge in [-0.1, -0.05) is 31.2 Å². The van der Waals surface area contributed by atoms with Gasteiger partial charge in [-0.05, 0) is 38.8 Å². The van der Waals surface area contributed by atoms with Crippen molar-refractivity contribution in [1.82, 2.24) is 5.32 Å². The molecule has 4 nitrogen and oxygen atoms in total. The first-order valence-corrected chi connectivity index (χ1v) is 6.91. The highest BCUT2D eigenvalue weighted by atomic mass is 16.6. The first-order valence-electron chi connectivity index (χ1n) is 6.91. The van der Waals surface area contributed by atoms with Crippen molar-refractivity contribution in [3.63, 3.8) is 0 Å². The fourth-order valence-electron chi connectivity index (χ4n) is 2.11. The van der Waals surface area contributed by atoms with Gasteiger partial charge in [-0.2, -0.15) is 0 Å². The smallest absolute Gasteiger partial charge is 0.407 e. The van der Waals surface area contributed by atoms with Crippen LogP contribution >= 0.6 is 0 Å². The van der Waals surface area contributed by atoms with E-state index in [0.29, 0.717) is 13.1 Å². The number of carbonyl (C=O) groups excluding carboxylic acids is 1. The highest BCUT2D eigenvalue weighted by Crippen LogP contribution is 2.25.